The molecule has 3 heterocycles. The molecule has 29 heavy (non-hydrogen) atoms. The Morgan fingerprint density at radius 1 is 1.21 bits per heavy atom. The van der Waals surface area contributed by atoms with E-state index in [4.69, 9.17) is 18.9 Å². The van der Waals surface area contributed by atoms with Crippen LogP contribution in [-0.2, 0) is 25.6 Å². The van der Waals surface area contributed by atoms with Crippen molar-refractivity contribution >= 4 is 17.6 Å². The Balaban J connectivity index is 1.34. The highest BCUT2D eigenvalue weighted by Gasteiger charge is 2.50. The normalized spacial score (nSPS) is 25.6. The first-order chi connectivity index (χ1) is 14.0. The number of carbonyl (C=O) groups excluding carboxylic acids is 2. The second kappa shape index (κ2) is 8.27. The molecule has 2 fully saturated rings. The van der Waals surface area contributed by atoms with Gasteiger partial charge >= 0.3 is 6.09 Å². The van der Waals surface area contributed by atoms with Crippen LogP contribution < -0.4 is 5.32 Å². The third-order valence-corrected chi connectivity index (χ3v) is 4.97. The standard InChI is InChI=1S/C19H22N4O6/c1-11(24)12-3-5-13(6-4-12)20-19(25)29-16-10-28-17-15(9-27-18(16)17)23-7-14(8-26-2)21-22-23/h3-7,15-18H,8-10H2,1-2H3,(H,20,25)/t15-,16-,17-,18+/m0/s1. The number of fused-ring (bicyclic) bond motifs is 1. The van der Waals surface area contributed by atoms with E-state index in [0.29, 0.717) is 24.5 Å². The molecule has 1 amide bonds. The van der Waals surface area contributed by atoms with Crippen molar-refractivity contribution in [3.63, 3.8) is 0 Å². The Morgan fingerprint density at radius 3 is 2.69 bits per heavy atom. The summed E-state index contributed by atoms with van der Waals surface area (Å²) in [6.07, 6.45) is 0.0172. The van der Waals surface area contributed by atoms with E-state index < -0.39 is 12.2 Å². The van der Waals surface area contributed by atoms with Gasteiger partial charge in [-0.3, -0.25) is 10.1 Å². The zero-order chi connectivity index (χ0) is 20.4. The predicted molar refractivity (Wildman–Crippen MR) is 99.6 cm³/mol. The molecule has 4 atom stereocenters. The van der Waals surface area contributed by atoms with Crippen molar-refractivity contribution in [1.82, 2.24) is 15.0 Å². The van der Waals surface area contributed by atoms with Gasteiger partial charge in [-0.2, -0.15) is 0 Å². The first-order valence-electron chi connectivity index (χ1n) is 9.26. The summed E-state index contributed by atoms with van der Waals surface area (Å²) < 4.78 is 23.9. The van der Waals surface area contributed by atoms with Crippen LogP contribution in [0.4, 0.5) is 10.5 Å². The number of rotatable bonds is 6. The highest BCUT2D eigenvalue weighted by atomic mass is 16.6. The van der Waals surface area contributed by atoms with E-state index in [-0.39, 0.29) is 30.6 Å². The number of nitrogens with zero attached hydrogens (tertiary/aromatic N) is 3. The van der Waals surface area contributed by atoms with Crippen molar-refractivity contribution in [2.75, 3.05) is 25.6 Å². The Morgan fingerprint density at radius 2 is 1.97 bits per heavy atom. The molecule has 10 nitrogen and oxygen atoms in total. The molecule has 2 aromatic rings. The topological polar surface area (TPSA) is 114 Å². The number of methoxy groups -OCH3 is 1. The molecule has 2 saturated heterocycles. The van der Waals surface area contributed by atoms with Gasteiger partial charge in [-0.15, -0.1) is 5.10 Å². The van der Waals surface area contributed by atoms with Gasteiger partial charge in [0, 0.05) is 18.4 Å². The quantitative estimate of drug-likeness (QED) is 0.725. The van der Waals surface area contributed by atoms with Gasteiger partial charge in [0.25, 0.3) is 0 Å². The van der Waals surface area contributed by atoms with Crippen LogP contribution in [0.3, 0.4) is 0 Å². The van der Waals surface area contributed by atoms with Crippen LogP contribution in [0.15, 0.2) is 30.5 Å². The summed E-state index contributed by atoms with van der Waals surface area (Å²) in [6, 6.07) is 6.45. The Kier molecular flexibility index (Phi) is 5.56. The molecule has 0 spiro atoms. The number of hydrogen-bond acceptors (Lipinski definition) is 8. The molecule has 2 aliphatic rings. The molecule has 0 bridgehead atoms. The number of carbonyl (C=O) groups is 2. The minimum Gasteiger partial charge on any atom is -0.441 e. The van der Waals surface area contributed by atoms with Crippen LogP contribution in [0.25, 0.3) is 0 Å². The van der Waals surface area contributed by atoms with Crippen molar-refractivity contribution < 1.29 is 28.5 Å². The maximum atomic E-state index is 12.2. The molecule has 154 valence electrons. The summed E-state index contributed by atoms with van der Waals surface area (Å²) >= 11 is 0. The van der Waals surface area contributed by atoms with Crippen LogP contribution in [-0.4, -0.2) is 65.5 Å². The Labute approximate surface area is 167 Å². The smallest absolute Gasteiger partial charge is 0.412 e. The second-order valence-corrected chi connectivity index (χ2v) is 6.99. The molecule has 1 aromatic carbocycles. The zero-order valence-corrected chi connectivity index (χ0v) is 16.1. The highest BCUT2D eigenvalue weighted by Crippen LogP contribution is 2.35. The molecule has 4 rings (SSSR count). The van der Waals surface area contributed by atoms with Crippen LogP contribution in [0.2, 0.25) is 0 Å². The molecular formula is C19H22N4O6. The van der Waals surface area contributed by atoms with Gasteiger partial charge in [-0.25, -0.2) is 9.48 Å². The fourth-order valence-electron chi connectivity index (χ4n) is 3.53. The molecule has 0 unspecified atom stereocenters. The van der Waals surface area contributed by atoms with Crippen LogP contribution in [0.1, 0.15) is 29.0 Å². The fourth-order valence-corrected chi connectivity index (χ4v) is 3.53. The maximum Gasteiger partial charge on any atom is 0.412 e. The summed E-state index contributed by atoms with van der Waals surface area (Å²) in [6.45, 7) is 2.49. The molecular weight excluding hydrogens is 380 g/mol. The number of ether oxygens (including phenoxy) is 4. The van der Waals surface area contributed by atoms with Crippen LogP contribution >= 0.6 is 0 Å². The van der Waals surface area contributed by atoms with Gasteiger partial charge in [0.15, 0.2) is 11.9 Å². The van der Waals surface area contributed by atoms with Gasteiger partial charge in [0.1, 0.15) is 23.9 Å². The number of ketones is 1. The van der Waals surface area contributed by atoms with E-state index >= 15 is 0 Å². The molecule has 0 radical (unpaired) electrons. The second-order valence-electron chi connectivity index (χ2n) is 6.99. The van der Waals surface area contributed by atoms with Gasteiger partial charge in [0.2, 0.25) is 0 Å². The zero-order valence-electron chi connectivity index (χ0n) is 16.1. The van der Waals surface area contributed by atoms with E-state index in [1.807, 2.05) is 0 Å². The third-order valence-electron chi connectivity index (χ3n) is 4.97. The lowest BCUT2D eigenvalue weighted by molar-refractivity contribution is 0.00770. The summed E-state index contributed by atoms with van der Waals surface area (Å²) in [5.41, 5.74) is 1.83. The lowest BCUT2D eigenvalue weighted by atomic mass is 10.1. The number of hydrogen-bond donors (Lipinski definition) is 1. The average Bonchev–Trinajstić information content (AvgIpc) is 3.40. The maximum absolute atomic E-state index is 12.2. The van der Waals surface area contributed by atoms with Crippen molar-refractivity contribution in [3.05, 3.63) is 41.7 Å². The van der Waals surface area contributed by atoms with Gasteiger partial charge < -0.3 is 18.9 Å². The fraction of sp³-hybridized carbons (Fsp3) is 0.474. The monoisotopic (exact) mass is 402 g/mol. The van der Waals surface area contributed by atoms with Gasteiger partial charge in [-0.05, 0) is 31.2 Å². The first-order valence-corrected chi connectivity index (χ1v) is 9.26. The summed E-state index contributed by atoms with van der Waals surface area (Å²) in [5.74, 6) is -0.0390. The molecule has 1 N–H and O–H groups in total. The molecule has 0 aliphatic carbocycles. The molecule has 10 heteroatoms. The SMILES string of the molecule is COCc1cn([C@H]2CO[C@H]3[C@H]2OC[C@@H]3OC(=O)Nc2ccc(C(C)=O)cc2)nn1. The predicted octanol–water partition coefficient (Wildman–Crippen LogP) is 1.58. The lowest BCUT2D eigenvalue weighted by Crippen LogP contribution is -2.34. The van der Waals surface area contributed by atoms with Crippen LogP contribution in [0, 0.1) is 0 Å². The van der Waals surface area contributed by atoms with Crippen LogP contribution in [0.5, 0.6) is 0 Å². The Bertz CT molecular complexity index is 883. The summed E-state index contributed by atoms with van der Waals surface area (Å²) in [5, 5.41) is 10.8. The number of Topliss-reactive ketones (excluding diaryl/α,β-unsaturated/α-hetero) is 1. The number of benzene rings is 1. The lowest BCUT2D eigenvalue weighted by Gasteiger charge is -2.17. The summed E-state index contributed by atoms with van der Waals surface area (Å²) in [7, 11) is 1.60. The molecule has 2 aliphatic heterocycles. The highest BCUT2D eigenvalue weighted by molar-refractivity contribution is 5.94. The van der Waals surface area contributed by atoms with E-state index in [9.17, 15) is 9.59 Å². The van der Waals surface area contributed by atoms with E-state index in [0.717, 1.165) is 5.69 Å². The molecule has 0 saturated carbocycles. The number of aromatic nitrogens is 3. The number of anilines is 1. The van der Waals surface area contributed by atoms with Crippen molar-refractivity contribution in [3.8, 4) is 0 Å². The average molecular weight is 402 g/mol. The largest absolute Gasteiger partial charge is 0.441 e. The molecule has 1 aromatic heterocycles. The third kappa shape index (κ3) is 4.14. The summed E-state index contributed by atoms with van der Waals surface area (Å²) in [4.78, 5) is 23.6. The Hall–Kier alpha value is -2.82. The van der Waals surface area contributed by atoms with E-state index in [2.05, 4.69) is 15.6 Å². The van der Waals surface area contributed by atoms with E-state index in [1.165, 1.54) is 6.92 Å². The van der Waals surface area contributed by atoms with Crippen molar-refractivity contribution in [1.29, 1.82) is 0 Å². The van der Waals surface area contributed by atoms with Gasteiger partial charge in [0.05, 0.1) is 26.0 Å². The minimum absolute atomic E-state index is 0.0390. The first kappa shape index (κ1) is 19.5. The van der Waals surface area contributed by atoms with E-state index in [1.54, 1.807) is 42.3 Å². The number of nitrogens with one attached hydrogen (secondary N) is 1. The van der Waals surface area contributed by atoms with Crippen molar-refractivity contribution in [2.24, 2.45) is 0 Å². The minimum atomic E-state index is -0.606. The van der Waals surface area contributed by atoms with Crippen molar-refractivity contribution in [2.45, 2.75) is 37.9 Å². The number of amides is 1. The van der Waals surface area contributed by atoms with Gasteiger partial charge in [-0.1, -0.05) is 5.21 Å².